The summed E-state index contributed by atoms with van der Waals surface area (Å²) in [5.74, 6) is 0.155. The Balaban J connectivity index is 1.74. The number of amides is 1. The Morgan fingerprint density at radius 1 is 1.37 bits per heavy atom. The van der Waals surface area contributed by atoms with E-state index in [1.807, 2.05) is 23.1 Å². The number of ether oxygens (including phenoxy) is 1. The summed E-state index contributed by atoms with van der Waals surface area (Å²) in [5, 5.41) is 3.31. The molecule has 1 unspecified atom stereocenters. The maximum atomic E-state index is 12.6. The van der Waals surface area contributed by atoms with E-state index in [1.54, 1.807) is 0 Å². The van der Waals surface area contributed by atoms with Gasteiger partial charge in [-0.1, -0.05) is 18.2 Å². The molecule has 19 heavy (non-hydrogen) atoms. The van der Waals surface area contributed by atoms with Crippen molar-refractivity contribution >= 4 is 5.91 Å². The minimum atomic E-state index is 0.128. The standard InChI is InChI=1S/C15H20N2O2/c18-15-14-6-2-1-4-12(14)5-3-8-17(15)11-13-10-16-7-9-19-13/h1-2,4,6,13,16H,3,5,7-11H2. The highest BCUT2D eigenvalue weighted by Gasteiger charge is 2.25. The molecule has 1 fully saturated rings. The minimum absolute atomic E-state index is 0.128. The van der Waals surface area contributed by atoms with Crippen molar-refractivity contribution in [1.82, 2.24) is 10.2 Å². The molecular formula is C15H20N2O2. The second kappa shape index (κ2) is 5.72. The van der Waals surface area contributed by atoms with Crippen molar-refractivity contribution in [1.29, 1.82) is 0 Å². The lowest BCUT2D eigenvalue weighted by atomic mass is 10.0. The Bertz CT molecular complexity index is 455. The summed E-state index contributed by atoms with van der Waals surface area (Å²) in [5.41, 5.74) is 2.04. The number of nitrogens with one attached hydrogen (secondary N) is 1. The molecule has 2 aliphatic heterocycles. The van der Waals surface area contributed by atoms with E-state index in [1.165, 1.54) is 5.56 Å². The smallest absolute Gasteiger partial charge is 0.254 e. The van der Waals surface area contributed by atoms with E-state index in [2.05, 4.69) is 11.4 Å². The van der Waals surface area contributed by atoms with Crippen LogP contribution in [-0.4, -0.2) is 49.7 Å². The van der Waals surface area contributed by atoms with Crippen LogP contribution in [0.5, 0.6) is 0 Å². The number of carbonyl (C=O) groups is 1. The van der Waals surface area contributed by atoms with E-state index >= 15 is 0 Å². The quantitative estimate of drug-likeness (QED) is 0.864. The van der Waals surface area contributed by atoms with Gasteiger partial charge in [0.1, 0.15) is 0 Å². The van der Waals surface area contributed by atoms with Gasteiger partial charge in [0.15, 0.2) is 0 Å². The molecule has 1 aromatic rings. The molecule has 1 atom stereocenters. The highest BCUT2D eigenvalue weighted by atomic mass is 16.5. The largest absolute Gasteiger partial charge is 0.374 e. The summed E-state index contributed by atoms with van der Waals surface area (Å²) >= 11 is 0. The van der Waals surface area contributed by atoms with Crippen LogP contribution in [-0.2, 0) is 11.2 Å². The maximum absolute atomic E-state index is 12.6. The third-order valence-electron chi connectivity index (χ3n) is 3.84. The summed E-state index contributed by atoms with van der Waals surface area (Å²) in [6.07, 6.45) is 2.15. The number of carbonyl (C=O) groups excluding carboxylic acids is 1. The van der Waals surface area contributed by atoms with Crippen LogP contribution in [0.15, 0.2) is 24.3 Å². The van der Waals surface area contributed by atoms with Crippen molar-refractivity contribution in [3.8, 4) is 0 Å². The summed E-state index contributed by atoms with van der Waals surface area (Å²) in [7, 11) is 0. The fourth-order valence-corrected chi connectivity index (χ4v) is 2.84. The van der Waals surface area contributed by atoms with Gasteiger partial charge in [0, 0.05) is 31.7 Å². The number of fused-ring (bicyclic) bond motifs is 1. The summed E-state index contributed by atoms with van der Waals surface area (Å²) in [6.45, 7) is 4.01. The van der Waals surface area contributed by atoms with E-state index in [0.717, 1.165) is 44.6 Å². The molecule has 1 amide bonds. The Morgan fingerprint density at radius 3 is 3.11 bits per heavy atom. The predicted octanol–water partition coefficient (Wildman–Crippen LogP) is 1.06. The van der Waals surface area contributed by atoms with Gasteiger partial charge in [-0.15, -0.1) is 0 Å². The van der Waals surface area contributed by atoms with Crippen molar-refractivity contribution in [3.63, 3.8) is 0 Å². The molecule has 0 saturated carbocycles. The first-order valence-electron chi connectivity index (χ1n) is 7.04. The lowest BCUT2D eigenvalue weighted by Crippen LogP contribution is -2.47. The topological polar surface area (TPSA) is 41.6 Å². The molecule has 2 aliphatic rings. The first kappa shape index (κ1) is 12.6. The Labute approximate surface area is 113 Å². The second-order valence-corrected chi connectivity index (χ2v) is 5.21. The molecule has 3 rings (SSSR count). The number of aryl methyl sites for hydroxylation is 1. The van der Waals surface area contributed by atoms with Crippen molar-refractivity contribution in [3.05, 3.63) is 35.4 Å². The molecule has 4 heteroatoms. The Hall–Kier alpha value is -1.39. The predicted molar refractivity (Wildman–Crippen MR) is 73.3 cm³/mol. The monoisotopic (exact) mass is 260 g/mol. The molecule has 1 saturated heterocycles. The summed E-state index contributed by atoms with van der Waals surface area (Å²) in [4.78, 5) is 14.5. The molecule has 4 nitrogen and oxygen atoms in total. The summed E-state index contributed by atoms with van der Waals surface area (Å²) in [6, 6.07) is 7.96. The van der Waals surface area contributed by atoms with E-state index in [0.29, 0.717) is 6.54 Å². The zero-order chi connectivity index (χ0) is 13.1. The maximum Gasteiger partial charge on any atom is 0.254 e. The van der Waals surface area contributed by atoms with E-state index in [4.69, 9.17) is 4.74 Å². The van der Waals surface area contributed by atoms with Crippen molar-refractivity contribution in [2.24, 2.45) is 0 Å². The number of hydrogen-bond acceptors (Lipinski definition) is 3. The van der Waals surface area contributed by atoms with Gasteiger partial charge in [0.25, 0.3) is 5.91 Å². The van der Waals surface area contributed by atoms with Crippen LogP contribution in [0.4, 0.5) is 0 Å². The second-order valence-electron chi connectivity index (χ2n) is 5.21. The lowest BCUT2D eigenvalue weighted by molar-refractivity contribution is 0.00658. The van der Waals surface area contributed by atoms with Crippen LogP contribution < -0.4 is 5.32 Å². The molecule has 0 spiro atoms. The van der Waals surface area contributed by atoms with E-state index in [-0.39, 0.29) is 12.0 Å². The van der Waals surface area contributed by atoms with E-state index in [9.17, 15) is 4.79 Å². The highest BCUT2D eigenvalue weighted by Crippen LogP contribution is 2.19. The van der Waals surface area contributed by atoms with Gasteiger partial charge in [0.05, 0.1) is 12.7 Å². The van der Waals surface area contributed by atoms with Crippen molar-refractivity contribution in [2.75, 3.05) is 32.8 Å². The molecule has 0 aliphatic carbocycles. The molecule has 0 bridgehead atoms. The zero-order valence-electron chi connectivity index (χ0n) is 11.1. The van der Waals surface area contributed by atoms with Gasteiger partial charge in [0.2, 0.25) is 0 Å². The minimum Gasteiger partial charge on any atom is -0.374 e. The zero-order valence-corrected chi connectivity index (χ0v) is 11.1. The Kier molecular flexibility index (Phi) is 3.80. The fourth-order valence-electron chi connectivity index (χ4n) is 2.84. The third kappa shape index (κ3) is 2.80. The average Bonchev–Trinajstić information content (AvgIpc) is 2.61. The van der Waals surface area contributed by atoms with Crippen LogP contribution in [0.3, 0.4) is 0 Å². The SMILES string of the molecule is O=C1c2ccccc2CCCN1CC1CNCCO1. The number of hydrogen-bond donors (Lipinski definition) is 1. The van der Waals surface area contributed by atoms with Crippen LogP contribution in [0, 0.1) is 0 Å². The molecule has 0 radical (unpaired) electrons. The normalized spacial score (nSPS) is 23.9. The third-order valence-corrected chi connectivity index (χ3v) is 3.84. The molecule has 0 aromatic heterocycles. The van der Waals surface area contributed by atoms with Gasteiger partial charge in [-0.3, -0.25) is 4.79 Å². The molecule has 2 heterocycles. The van der Waals surface area contributed by atoms with Gasteiger partial charge in [-0.05, 0) is 24.5 Å². The Morgan fingerprint density at radius 2 is 2.26 bits per heavy atom. The van der Waals surface area contributed by atoms with Crippen LogP contribution >= 0.6 is 0 Å². The van der Waals surface area contributed by atoms with Crippen LogP contribution in [0.25, 0.3) is 0 Å². The van der Waals surface area contributed by atoms with Crippen molar-refractivity contribution in [2.45, 2.75) is 18.9 Å². The van der Waals surface area contributed by atoms with E-state index < -0.39 is 0 Å². The molecule has 1 aromatic carbocycles. The molecule has 102 valence electrons. The highest BCUT2D eigenvalue weighted by molar-refractivity contribution is 5.96. The first-order valence-corrected chi connectivity index (χ1v) is 7.04. The first-order chi connectivity index (χ1) is 9.34. The van der Waals surface area contributed by atoms with Gasteiger partial charge in [-0.25, -0.2) is 0 Å². The molecule has 1 N–H and O–H groups in total. The number of nitrogens with zero attached hydrogens (tertiary/aromatic N) is 1. The van der Waals surface area contributed by atoms with Crippen LogP contribution in [0.1, 0.15) is 22.3 Å². The summed E-state index contributed by atoms with van der Waals surface area (Å²) < 4.78 is 5.70. The van der Waals surface area contributed by atoms with Gasteiger partial charge in [-0.2, -0.15) is 0 Å². The number of benzene rings is 1. The lowest BCUT2D eigenvalue weighted by Gasteiger charge is -2.29. The van der Waals surface area contributed by atoms with Gasteiger partial charge < -0.3 is 15.0 Å². The van der Waals surface area contributed by atoms with Crippen molar-refractivity contribution < 1.29 is 9.53 Å². The number of rotatable bonds is 2. The number of morpholine rings is 1. The average molecular weight is 260 g/mol. The van der Waals surface area contributed by atoms with Crippen LogP contribution in [0.2, 0.25) is 0 Å². The molecular weight excluding hydrogens is 240 g/mol. The van der Waals surface area contributed by atoms with Gasteiger partial charge >= 0.3 is 0 Å². The fraction of sp³-hybridized carbons (Fsp3) is 0.533.